The van der Waals surface area contributed by atoms with E-state index in [2.05, 4.69) is 26.6 Å². The summed E-state index contributed by atoms with van der Waals surface area (Å²) in [7, 11) is 0. The van der Waals surface area contributed by atoms with Crippen molar-refractivity contribution in [2.45, 2.75) is 13.5 Å². The molecular formula is C11H13BrN2O2. The number of rotatable bonds is 4. The minimum absolute atomic E-state index is 0.0501. The van der Waals surface area contributed by atoms with Crippen LogP contribution in [0.1, 0.15) is 12.5 Å². The van der Waals surface area contributed by atoms with Gasteiger partial charge in [-0.05, 0) is 17.7 Å². The Morgan fingerprint density at radius 3 is 2.38 bits per heavy atom. The number of halogens is 1. The molecule has 0 saturated carbocycles. The van der Waals surface area contributed by atoms with E-state index in [0.717, 1.165) is 11.3 Å². The first kappa shape index (κ1) is 12.7. The van der Waals surface area contributed by atoms with Crippen LogP contribution in [0.25, 0.3) is 0 Å². The minimum atomic E-state index is -0.0969. The van der Waals surface area contributed by atoms with Gasteiger partial charge in [-0.25, -0.2) is 0 Å². The van der Waals surface area contributed by atoms with Gasteiger partial charge in [0.05, 0.1) is 5.33 Å². The van der Waals surface area contributed by atoms with Gasteiger partial charge in [0.15, 0.2) is 0 Å². The van der Waals surface area contributed by atoms with E-state index < -0.39 is 0 Å². The Balaban J connectivity index is 2.51. The number of amides is 2. The molecule has 2 amide bonds. The second-order valence-electron chi connectivity index (χ2n) is 3.29. The van der Waals surface area contributed by atoms with E-state index in [0.29, 0.717) is 11.9 Å². The van der Waals surface area contributed by atoms with E-state index >= 15 is 0 Å². The van der Waals surface area contributed by atoms with Gasteiger partial charge in [0.1, 0.15) is 0 Å². The standard InChI is InChI=1S/C11H13BrN2O2/c1-8(15)14-10-4-2-9(3-5-10)7-13-11(16)6-12/h2-5H,6-7H2,1H3,(H,13,16)(H,14,15). The van der Waals surface area contributed by atoms with Gasteiger partial charge < -0.3 is 10.6 Å². The van der Waals surface area contributed by atoms with E-state index in [1.54, 1.807) is 12.1 Å². The molecule has 1 aromatic rings. The monoisotopic (exact) mass is 284 g/mol. The molecule has 0 fully saturated rings. The highest BCUT2D eigenvalue weighted by Gasteiger charge is 1.99. The molecule has 1 aromatic carbocycles. The largest absolute Gasteiger partial charge is 0.351 e. The van der Waals surface area contributed by atoms with Crippen molar-refractivity contribution in [3.63, 3.8) is 0 Å². The van der Waals surface area contributed by atoms with Crippen LogP contribution in [-0.4, -0.2) is 17.1 Å². The first-order valence-corrected chi connectivity index (χ1v) is 5.93. The zero-order valence-electron chi connectivity index (χ0n) is 8.92. The summed E-state index contributed by atoms with van der Waals surface area (Å²) in [4.78, 5) is 21.8. The number of anilines is 1. The van der Waals surface area contributed by atoms with Crippen molar-refractivity contribution in [3.05, 3.63) is 29.8 Å². The fourth-order valence-corrected chi connectivity index (χ4v) is 1.36. The Labute approximate surface area is 103 Å². The van der Waals surface area contributed by atoms with Gasteiger partial charge in [0.2, 0.25) is 11.8 Å². The second kappa shape index (κ2) is 6.27. The highest BCUT2D eigenvalue weighted by atomic mass is 79.9. The quantitative estimate of drug-likeness (QED) is 0.826. The predicted molar refractivity (Wildman–Crippen MR) is 66.4 cm³/mol. The van der Waals surface area contributed by atoms with Gasteiger partial charge in [0.25, 0.3) is 0 Å². The lowest BCUT2D eigenvalue weighted by Gasteiger charge is -2.05. The molecule has 0 heterocycles. The van der Waals surface area contributed by atoms with Crippen molar-refractivity contribution in [1.82, 2.24) is 5.32 Å². The van der Waals surface area contributed by atoms with Crippen molar-refractivity contribution in [3.8, 4) is 0 Å². The van der Waals surface area contributed by atoms with Crippen LogP contribution in [0.3, 0.4) is 0 Å². The summed E-state index contributed by atoms with van der Waals surface area (Å²) in [6.07, 6.45) is 0. The molecule has 2 N–H and O–H groups in total. The molecule has 0 atom stereocenters. The van der Waals surface area contributed by atoms with E-state index in [-0.39, 0.29) is 11.8 Å². The Hall–Kier alpha value is -1.36. The molecule has 4 nitrogen and oxygen atoms in total. The number of nitrogens with one attached hydrogen (secondary N) is 2. The van der Waals surface area contributed by atoms with Crippen LogP contribution in [0, 0.1) is 0 Å². The zero-order valence-corrected chi connectivity index (χ0v) is 10.5. The lowest BCUT2D eigenvalue weighted by Crippen LogP contribution is -2.23. The van der Waals surface area contributed by atoms with E-state index in [1.165, 1.54) is 6.92 Å². The van der Waals surface area contributed by atoms with Crippen LogP contribution in [0.2, 0.25) is 0 Å². The smallest absolute Gasteiger partial charge is 0.230 e. The molecule has 0 aromatic heterocycles. The Morgan fingerprint density at radius 1 is 1.25 bits per heavy atom. The third-order valence-corrected chi connectivity index (χ3v) is 2.39. The molecule has 0 spiro atoms. The predicted octanol–water partition coefficient (Wildman–Crippen LogP) is 1.66. The summed E-state index contributed by atoms with van der Waals surface area (Å²) >= 11 is 3.07. The van der Waals surface area contributed by atoms with Gasteiger partial charge in [-0.3, -0.25) is 9.59 Å². The molecule has 0 aliphatic heterocycles. The van der Waals surface area contributed by atoms with E-state index in [4.69, 9.17) is 0 Å². The van der Waals surface area contributed by atoms with Crippen molar-refractivity contribution in [2.24, 2.45) is 0 Å². The molecular weight excluding hydrogens is 272 g/mol. The molecule has 0 saturated heterocycles. The summed E-state index contributed by atoms with van der Waals surface area (Å²) in [5.74, 6) is -0.147. The van der Waals surface area contributed by atoms with Gasteiger partial charge in [-0.1, -0.05) is 28.1 Å². The highest BCUT2D eigenvalue weighted by molar-refractivity contribution is 9.09. The van der Waals surface area contributed by atoms with Crippen molar-refractivity contribution >= 4 is 33.4 Å². The Kier molecular flexibility index (Phi) is 4.98. The van der Waals surface area contributed by atoms with Crippen LogP contribution in [0.5, 0.6) is 0 Å². The summed E-state index contributed by atoms with van der Waals surface area (Å²) in [5, 5.41) is 5.71. The maximum atomic E-state index is 11.0. The summed E-state index contributed by atoms with van der Waals surface area (Å²) < 4.78 is 0. The topological polar surface area (TPSA) is 58.2 Å². The Bertz CT molecular complexity index is 376. The van der Waals surface area contributed by atoms with Gasteiger partial charge in [0, 0.05) is 19.2 Å². The van der Waals surface area contributed by atoms with Crippen molar-refractivity contribution in [1.29, 1.82) is 0 Å². The molecule has 0 radical (unpaired) electrons. The average molecular weight is 285 g/mol. The van der Waals surface area contributed by atoms with Crippen LogP contribution in [0.4, 0.5) is 5.69 Å². The first-order chi connectivity index (χ1) is 7.61. The second-order valence-corrected chi connectivity index (χ2v) is 3.85. The third kappa shape index (κ3) is 4.44. The summed E-state index contributed by atoms with van der Waals surface area (Å²) in [6.45, 7) is 1.95. The van der Waals surface area contributed by atoms with Crippen LogP contribution >= 0.6 is 15.9 Å². The normalized spacial score (nSPS) is 9.62. The number of carbonyl (C=O) groups excluding carboxylic acids is 2. The number of hydrogen-bond donors (Lipinski definition) is 2. The maximum absolute atomic E-state index is 11.0. The highest BCUT2D eigenvalue weighted by Crippen LogP contribution is 2.09. The lowest BCUT2D eigenvalue weighted by molar-refractivity contribution is -0.118. The number of carbonyl (C=O) groups is 2. The van der Waals surface area contributed by atoms with Crippen LogP contribution < -0.4 is 10.6 Å². The lowest BCUT2D eigenvalue weighted by atomic mass is 10.2. The zero-order chi connectivity index (χ0) is 12.0. The summed E-state index contributed by atoms with van der Waals surface area (Å²) in [6, 6.07) is 7.33. The number of hydrogen-bond acceptors (Lipinski definition) is 2. The Morgan fingerprint density at radius 2 is 1.88 bits per heavy atom. The molecule has 0 aliphatic rings. The molecule has 16 heavy (non-hydrogen) atoms. The van der Waals surface area contributed by atoms with Crippen molar-refractivity contribution < 1.29 is 9.59 Å². The minimum Gasteiger partial charge on any atom is -0.351 e. The third-order valence-electron chi connectivity index (χ3n) is 1.89. The molecule has 86 valence electrons. The van der Waals surface area contributed by atoms with Gasteiger partial charge in [-0.2, -0.15) is 0 Å². The first-order valence-electron chi connectivity index (χ1n) is 4.81. The van der Waals surface area contributed by atoms with Crippen LogP contribution in [-0.2, 0) is 16.1 Å². The molecule has 5 heteroatoms. The molecule has 0 unspecified atom stereocenters. The van der Waals surface area contributed by atoms with Crippen molar-refractivity contribution in [2.75, 3.05) is 10.6 Å². The van der Waals surface area contributed by atoms with Crippen LogP contribution in [0.15, 0.2) is 24.3 Å². The van der Waals surface area contributed by atoms with E-state index in [9.17, 15) is 9.59 Å². The molecule has 1 rings (SSSR count). The molecule has 0 aliphatic carbocycles. The van der Waals surface area contributed by atoms with Gasteiger partial charge in [-0.15, -0.1) is 0 Å². The average Bonchev–Trinajstić information content (AvgIpc) is 2.27. The fraction of sp³-hybridized carbons (Fsp3) is 0.273. The maximum Gasteiger partial charge on any atom is 0.230 e. The SMILES string of the molecule is CC(=O)Nc1ccc(CNC(=O)CBr)cc1. The fourth-order valence-electron chi connectivity index (χ4n) is 1.16. The molecule has 0 bridgehead atoms. The number of alkyl halides is 1. The van der Waals surface area contributed by atoms with Gasteiger partial charge >= 0.3 is 0 Å². The summed E-state index contributed by atoms with van der Waals surface area (Å²) in [5.41, 5.74) is 1.74. The van der Waals surface area contributed by atoms with E-state index in [1.807, 2.05) is 12.1 Å². The number of benzene rings is 1.